The number of thiophene rings is 1. The van der Waals surface area contributed by atoms with E-state index < -0.39 is 56.7 Å². The Bertz CT molecular complexity index is 1830. The Hall–Kier alpha value is -3.89. The number of nitrogens with zero attached hydrogens (tertiary/aromatic N) is 2. The minimum atomic E-state index is -3.85. The highest BCUT2D eigenvalue weighted by atomic mass is 79.9. The number of pyridine rings is 1. The number of likely N-dealkylation sites (tertiary alicyclic amines) is 1. The number of rotatable bonds is 12. The fourth-order valence-electron chi connectivity index (χ4n) is 5.75. The smallest absolute Gasteiger partial charge is 0.322 e. The monoisotopic (exact) mass is 747 g/mol. The van der Waals surface area contributed by atoms with Crippen molar-refractivity contribution in [3.05, 3.63) is 52.2 Å². The van der Waals surface area contributed by atoms with Crippen LogP contribution in [-0.2, 0) is 19.6 Å². The molecule has 0 unspecified atom stereocenters. The van der Waals surface area contributed by atoms with Gasteiger partial charge in [0.1, 0.15) is 29.2 Å². The molecule has 1 saturated heterocycles. The van der Waals surface area contributed by atoms with Crippen molar-refractivity contribution in [1.82, 2.24) is 19.9 Å². The molecule has 0 radical (unpaired) electrons. The summed E-state index contributed by atoms with van der Waals surface area (Å²) in [6, 6.07) is 5.41. The molecular formula is C31H34BrN5O8S2. The zero-order chi connectivity index (χ0) is 33.5. The number of hydrogen-bond donors (Lipinski definition) is 3. The largest absolute Gasteiger partial charge is 0.495 e. The lowest BCUT2D eigenvalue weighted by atomic mass is 10.1. The zero-order valence-electron chi connectivity index (χ0n) is 25.7. The maximum atomic E-state index is 14.0. The summed E-state index contributed by atoms with van der Waals surface area (Å²) in [5.74, 6) is -0.572. The highest BCUT2D eigenvalue weighted by molar-refractivity contribution is 9.10. The molecule has 3 fully saturated rings. The van der Waals surface area contributed by atoms with Crippen LogP contribution < -0.4 is 29.6 Å². The molecule has 3 heterocycles. The van der Waals surface area contributed by atoms with Gasteiger partial charge in [-0.2, -0.15) is 11.3 Å². The highest BCUT2D eigenvalue weighted by Crippen LogP contribution is 2.46. The number of carbonyl (C=O) groups excluding carboxylic acids is 3. The normalized spacial score (nSPS) is 23.6. The number of halogens is 1. The quantitative estimate of drug-likeness (QED) is 0.231. The van der Waals surface area contributed by atoms with E-state index >= 15 is 0 Å². The van der Waals surface area contributed by atoms with Crippen LogP contribution in [0.15, 0.2) is 52.2 Å². The SMILES string of the molecule is C=C[C@@H]1C[C@]1(NC(=O)[C@H]1C[C@@H](Oc2cc(OCC)nc3c(Br)c(OC)ccc23)CN1C(=O)Nc1ccsc1)C(=O)NS(=O)(=O)C1CC1. The number of hydrogen-bond acceptors (Lipinski definition) is 10. The van der Waals surface area contributed by atoms with Crippen LogP contribution in [0.1, 0.15) is 32.6 Å². The van der Waals surface area contributed by atoms with E-state index in [0.717, 1.165) is 0 Å². The lowest BCUT2D eigenvalue weighted by Gasteiger charge is -2.26. The molecule has 47 heavy (non-hydrogen) atoms. The van der Waals surface area contributed by atoms with E-state index in [1.807, 2.05) is 12.3 Å². The van der Waals surface area contributed by atoms with E-state index in [-0.39, 0.29) is 19.4 Å². The summed E-state index contributed by atoms with van der Waals surface area (Å²) in [7, 11) is -2.30. The van der Waals surface area contributed by atoms with Crippen LogP contribution in [0.5, 0.6) is 17.4 Å². The number of fused-ring (bicyclic) bond motifs is 1. The number of benzene rings is 1. The molecule has 250 valence electrons. The Balaban J connectivity index is 1.28. The molecule has 16 heteroatoms. The van der Waals surface area contributed by atoms with Gasteiger partial charge in [0, 0.05) is 29.2 Å². The average Bonchev–Trinajstić information content (AvgIpc) is 3.92. The fraction of sp³-hybridized carbons (Fsp3) is 0.419. The van der Waals surface area contributed by atoms with Gasteiger partial charge in [-0.15, -0.1) is 6.58 Å². The molecule has 4 atom stereocenters. The standard InChI is InChI=1S/C31H34BrN5O8S2/c1-4-17-14-31(17,29(39)36-47(41,42)20-6-7-20)35-28(38)22-12-19(15-37(22)30(40)33-18-10-11-46-16-18)45-24-13-25(44-5-2)34-27-21(24)8-9-23(43-3)26(27)32/h4,8-11,13,16-17,19-20,22H,1,5-7,12,14-15H2,2-3H3,(H,33,40)(H,35,38)(H,36,39)/t17-,19-,22-,31-/m1/s1. The number of carbonyl (C=O) groups is 3. The van der Waals surface area contributed by atoms with Crippen LogP contribution in [0, 0.1) is 5.92 Å². The van der Waals surface area contributed by atoms with Gasteiger partial charge in [0.15, 0.2) is 0 Å². The van der Waals surface area contributed by atoms with Crippen LogP contribution >= 0.6 is 27.3 Å². The van der Waals surface area contributed by atoms with Gasteiger partial charge in [0.05, 0.1) is 41.2 Å². The van der Waals surface area contributed by atoms with Gasteiger partial charge in [-0.05, 0) is 65.7 Å². The van der Waals surface area contributed by atoms with E-state index in [1.54, 1.807) is 36.8 Å². The second-order valence-corrected chi connectivity index (χ2v) is 15.2. The molecule has 0 bridgehead atoms. The van der Waals surface area contributed by atoms with Crippen LogP contribution in [0.2, 0.25) is 0 Å². The number of methoxy groups -OCH3 is 1. The van der Waals surface area contributed by atoms with Crippen molar-refractivity contribution in [2.45, 2.75) is 55.5 Å². The molecule has 13 nitrogen and oxygen atoms in total. The van der Waals surface area contributed by atoms with Gasteiger partial charge in [-0.25, -0.2) is 18.2 Å². The molecular weight excluding hydrogens is 714 g/mol. The third-order valence-electron chi connectivity index (χ3n) is 8.48. The molecule has 2 aliphatic carbocycles. The van der Waals surface area contributed by atoms with E-state index in [1.165, 1.54) is 22.3 Å². The summed E-state index contributed by atoms with van der Waals surface area (Å²) >= 11 is 4.96. The van der Waals surface area contributed by atoms with Gasteiger partial charge >= 0.3 is 6.03 Å². The number of urea groups is 1. The first-order valence-corrected chi connectivity index (χ1v) is 18.3. The lowest BCUT2D eigenvalue weighted by Crippen LogP contribution is -2.56. The minimum Gasteiger partial charge on any atom is -0.495 e. The highest BCUT2D eigenvalue weighted by Gasteiger charge is 2.62. The van der Waals surface area contributed by atoms with Crippen molar-refractivity contribution in [1.29, 1.82) is 0 Å². The number of amides is 4. The van der Waals surface area contributed by atoms with Gasteiger partial charge in [-0.1, -0.05) is 6.08 Å². The Morgan fingerprint density at radius 2 is 2.02 bits per heavy atom. The third kappa shape index (κ3) is 6.63. The van der Waals surface area contributed by atoms with Crippen molar-refractivity contribution in [2.75, 3.05) is 25.6 Å². The summed E-state index contributed by atoms with van der Waals surface area (Å²) < 4.78 is 45.5. The number of nitrogens with one attached hydrogen (secondary N) is 3. The molecule has 1 aliphatic heterocycles. The first-order valence-electron chi connectivity index (χ1n) is 15.1. The summed E-state index contributed by atoms with van der Waals surface area (Å²) in [6.45, 7) is 6.00. The van der Waals surface area contributed by atoms with Crippen LogP contribution in [0.3, 0.4) is 0 Å². The maximum Gasteiger partial charge on any atom is 0.322 e. The molecule has 3 aromatic rings. The van der Waals surface area contributed by atoms with Crippen LogP contribution in [-0.4, -0.2) is 79.3 Å². The predicted molar refractivity (Wildman–Crippen MR) is 179 cm³/mol. The second kappa shape index (κ2) is 13.0. The number of sulfonamides is 1. The van der Waals surface area contributed by atoms with E-state index in [9.17, 15) is 22.8 Å². The molecule has 3 N–H and O–H groups in total. The molecule has 1 aromatic carbocycles. The van der Waals surface area contributed by atoms with Gasteiger partial charge in [-0.3, -0.25) is 14.3 Å². The topological polar surface area (TPSA) is 165 Å². The van der Waals surface area contributed by atoms with Crippen molar-refractivity contribution in [3.63, 3.8) is 0 Å². The molecule has 3 aliphatic rings. The Morgan fingerprint density at radius 1 is 1.23 bits per heavy atom. The Labute approximate surface area is 284 Å². The Kier molecular flexibility index (Phi) is 9.11. The van der Waals surface area contributed by atoms with Crippen molar-refractivity contribution >= 4 is 71.7 Å². The van der Waals surface area contributed by atoms with E-state index in [0.29, 0.717) is 57.9 Å². The molecule has 4 amide bonds. The first kappa shape index (κ1) is 33.0. The van der Waals surface area contributed by atoms with Gasteiger partial charge in [0.25, 0.3) is 5.91 Å². The summed E-state index contributed by atoms with van der Waals surface area (Å²) in [5, 5.41) is 9.22. The maximum absolute atomic E-state index is 14.0. The molecule has 6 rings (SSSR count). The summed E-state index contributed by atoms with van der Waals surface area (Å²) in [6.07, 6.45) is 2.10. The third-order valence-corrected chi connectivity index (χ3v) is 11.7. The predicted octanol–water partition coefficient (Wildman–Crippen LogP) is 4.19. The van der Waals surface area contributed by atoms with E-state index in [4.69, 9.17) is 14.2 Å². The lowest BCUT2D eigenvalue weighted by molar-refractivity contribution is -0.131. The average molecular weight is 749 g/mol. The fourth-order valence-corrected chi connectivity index (χ4v) is 8.30. The number of anilines is 1. The molecule has 2 saturated carbocycles. The zero-order valence-corrected chi connectivity index (χ0v) is 28.9. The Morgan fingerprint density at radius 3 is 2.66 bits per heavy atom. The van der Waals surface area contributed by atoms with Crippen LogP contribution in [0.25, 0.3) is 10.9 Å². The van der Waals surface area contributed by atoms with Crippen molar-refractivity contribution < 1.29 is 37.0 Å². The molecule has 0 spiro atoms. The van der Waals surface area contributed by atoms with Crippen molar-refractivity contribution in [3.8, 4) is 17.4 Å². The molecule has 2 aromatic heterocycles. The van der Waals surface area contributed by atoms with Crippen molar-refractivity contribution in [2.24, 2.45) is 5.92 Å². The second-order valence-electron chi connectivity index (χ2n) is 11.6. The summed E-state index contributed by atoms with van der Waals surface area (Å²) in [5.41, 5.74) is -0.379. The van der Waals surface area contributed by atoms with Gasteiger partial charge < -0.3 is 29.7 Å². The van der Waals surface area contributed by atoms with Crippen LogP contribution in [0.4, 0.5) is 10.5 Å². The van der Waals surface area contributed by atoms with E-state index in [2.05, 4.69) is 42.8 Å². The van der Waals surface area contributed by atoms with Gasteiger partial charge in [0.2, 0.25) is 21.8 Å². The first-order chi connectivity index (χ1) is 22.5. The number of ether oxygens (including phenoxy) is 3. The summed E-state index contributed by atoms with van der Waals surface area (Å²) in [4.78, 5) is 46.8. The minimum absolute atomic E-state index is 0.0410. The number of aromatic nitrogens is 1.